The quantitative estimate of drug-likeness (QED) is 0.774. The fourth-order valence-corrected chi connectivity index (χ4v) is 1.52. The highest BCUT2D eigenvalue weighted by atomic mass is 16.5. The molecule has 2 N–H and O–H groups in total. The molecule has 5 nitrogen and oxygen atoms in total. The number of carbonyl (C=O) groups excluding carboxylic acids is 2. The number of esters is 1. The Morgan fingerprint density at radius 2 is 1.94 bits per heavy atom. The first-order chi connectivity index (χ1) is 8.54. The second kappa shape index (κ2) is 6.76. The molecule has 0 unspecified atom stereocenters. The maximum absolute atomic E-state index is 11.9. The number of nitrogens with two attached hydrogens (primary N) is 1. The van der Waals surface area contributed by atoms with Crippen LogP contribution in [-0.2, 0) is 20.9 Å². The van der Waals surface area contributed by atoms with E-state index in [-0.39, 0.29) is 12.5 Å². The third kappa shape index (κ3) is 4.18. The van der Waals surface area contributed by atoms with Gasteiger partial charge in [0.25, 0.3) is 0 Å². The molecule has 0 spiro atoms. The summed E-state index contributed by atoms with van der Waals surface area (Å²) >= 11 is 0. The van der Waals surface area contributed by atoms with E-state index < -0.39 is 12.0 Å². The number of rotatable bonds is 5. The molecule has 0 aliphatic heterocycles. The lowest BCUT2D eigenvalue weighted by atomic mass is 10.2. The molecule has 0 saturated heterocycles. The molecule has 0 saturated carbocycles. The molecule has 0 bridgehead atoms. The monoisotopic (exact) mass is 250 g/mol. The van der Waals surface area contributed by atoms with E-state index in [0.29, 0.717) is 6.54 Å². The predicted octanol–water partition coefficient (Wildman–Crippen LogP) is 0.535. The molecule has 0 aliphatic rings. The van der Waals surface area contributed by atoms with E-state index in [2.05, 4.69) is 4.74 Å². The van der Waals surface area contributed by atoms with Gasteiger partial charge in [-0.1, -0.05) is 30.3 Å². The topological polar surface area (TPSA) is 72.6 Å². The second-order valence-electron chi connectivity index (χ2n) is 4.04. The minimum Gasteiger partial charge on any atom is -0.468 e. The molecular weight excluding hydrogens is 232 g/mol. The summed E-state index contributed by atoms with van der Waals surface area (Å²) in [6, 6.07) is 8.78. The minimum absolute atomic E-state index is 0.0915. The molecule has 18 heavy (non-hydrogen) atoms. The lowest BCUT2D eigenvalue weighted by molar-refractivity contribution is -0.147. The Morgan fingerprint density at radius 1 is 1.33 bits per heavy atom. The molecule has 1 aromatic rings. The standard InChI is InChI=1S/C13H18N2O3/c1-10(14)13(17)15(9-12(16)18-2)8-11-6-4-3-5-7-11/h3-7,10H,8-9,14H2,1-2H3/t10-/m1/s1. The Bertz CT molecular complexity index is 404. The van der Waals surface area contributed by atoms with Gasteiger partial charge in [-0.25, -0.2) is 0 Å². The van der Waals surface area contributed by atoms with Crippen LogP contribution in [0.3, 0.4) is 0 Å². The van der Waals surface area contributed by atoms with Gasteiger partial charge < -0.3 is 15.4 Å². The molecule has 1 aromatic carbocycles. The highest BCUT2D eigenvalue weighted by Gasteiger charge is 2.20. The minimum atomic E-state index is -0.640. The molecule has 0 aliphatic carbocycles. The number of amides is 1. The summed E-state index contributed by atoms with van der Waals surface area (Å²) in [6.07, 6.45) is 0. The van der Waals surface area contributed by atoms with Gasteiger partial charge >= 0.3 is 5.97 Å². The van der Waals surface area contributed by atoms with Crippen LogP contribution in [0.5, 0.6) is 0 Å². The van der Waals surface area contributed by atoms with Crippen LogP contribution in [0.25, 0.3) is 0 Å². The number of nitrogens with zero attached hydrogens (tertiary/aromatic N) is 1. The first-order valence-corrected chi connectivity index (χ1v) is 5.69. The molecule has 98 valence electrons. The van der Waals surface area contributed by atoms with Crippen LogP contribution < -0.4 is 5.73 Å². The van der Waals surface area contributed by atoms with E-state index in [1.54, 1.807) is 6.92 Å². The highest BCUT2D eigenvalue weighted by Crippen LogP contribution is 2.06. The number of methoxy groups -OCH3 is 1. The van der Waals surface area contributed by atoms with Crippen molar-refractivity contribution in [1.29, 1.82) is 0 Å². The molecule has 0 radical (unpaired) electrons. The van der Waals surface area contributed by atoms with Gasteiger partial charge in [0.05, 0.1) is 13.2 Å². The third-order valence-corrected chi connectivity index (χ3v) is 2.47. The van der Waals surface area contributed by atoms with Crippen LogP contribution in [-0.4, -0.2) is 36.5 Å². The van der Waals surface area contributed by atoms with E-state index in [0.717, 1.165) is 5.56 Å². The largest absolute Gasteiger partial charge is 0.468 e. The van der Waals surface area contributed by atoms with Crippen LogP contribution >= 0.6 is 0 Å². The van der Waals surface area contributed by atoms with E-state index in [1.807, 2.05) is 30.3 Å². The van der Waals surface area contributed by atoms with Crippen LogP contribution in [0.2, 0.25) is 0 Å². The summed E-state index contributed by atoms with van der Waals surface area (Å²) in [5.41, 5.74) is 6.50. The van der Waals surface area contributed by atoms with Gasteiger partial charge in [0, 0.05) is 6.54 Å². The number of ether oxygens (including phenoxy) is 1. The van der Waals surface area contributed by atoms with E-state index in [1.165, 1.54) is 12.0 Å². The summed E-state index contributed by atoms with van der Waals surface area (Å²) in [5.74, 6) is -0.732. The van der Waals surface area contributed by atoms with Gasteiger partial charge in [0.2, 0.25) is 5.91 Å². The average molecular weight is 250 g/mol. The van der Waals surface area contributed by atoms with E-state index >= 15 is 0 Å². The smallest absolute Gasteiger partial charge is 0.325 e. The van der Waals surface area contributed by atoms with Gasteiger partial charge in [-0.2, -0.15) is 0 Å². The van der Waals surface area contributed by atoms with Crippen LogP contribution in [0.4, 0.5) is 0 Å². The van der Waals surface area contributed by atoms with Crippen molar-refractivity contribution in [2.45, 2.75) is 19.5 Å². The summed E-state index contributed by atoms with van der Waals surface area (Å²) in [6.45, 7) is 1.85. The van der Waals surface area contributed by atoms with Crippen molar-refractivity contribution in [2.75, 3.05) is 13.7 Å². The van der Waals surface area contributed by atoms with E-state index in [4.69, 9.17) is 5.73 Å². The molecule has 5 heteroatoms. The number of benzene rings is 1. The highest BCUT2D eigenvalue weighted by molar-refractivity contribution is 5.85. The number of hydrogen-bond acceptors (Lipinski definition) is 4. The first-order valence-electron chi connectivity index (χ1n) is 5.69. The molecule has 0 aromatic heterocycles. The van der Waals surface area contributed by atoms with Gasteiger partial charge in [-0.15, -0.1) is 0 Å². The zero-order valence-electron chi connectivity index (χ0n) is 10.6. The van der Waals surface area contributed by atoms with Crippen molar-refractivity contribution in [3.8, 4) is 0 Å². The molecule has 1 atom stereocenters. The fourth-order valence-electron chi connectivity index (χ4n) is 1.52. The Balaban J connectivity index is 2.77. The Hall–Kier alpha value is -1.88. The summed E-state index contributed by atoms with van der Waals surface area (Å²) in [4.78, 5) is 24.6. The van der Waals surface area contributed by atoms with Crippen molar-refractivity contribution < 1.29 is 14.3 Å². The number of hydrogen-bond donors (Lipinski definition) is 1. The molecule has 1 amide bonds. The van der Waals surface area contributed by atoms with Crippen molar-refractivity contribution in [3.05, 3.63) is 35.9 Å². The zero-order valence-corrected chi connectivity index (χ0v) is 10.6. The van der Waals surface area contributed by atoms with Crippen molar-refractivity contribution in [2.24, 2.45) is 5.73 Å². The Morgan fingerprint density at radius 3 is 2.44 bits per heavy atom. The zero-order chi connectivity index (χ0) is 13.5. The number of carbonyl (C=O) groups is 2. The first kappa shape index (κ1) is 14.2. The maximum Gasteiger partial charge on any atom is 0.325 e. The Kier molecular flexibility index (Phi) is 5.32. The SMILES string of the molecule is COC(=O)CN(Cc1ccccc1)C(=O)[C@@H](C)N. The van der Waals surface area contributed by atoms with Crippen molar-refractivity contribution >= 4 is 11.9 Å². The molecular formula is C13H18N2O3. The second-order valence-corrected chi connectivity index (χ2v) is 4.04. The third-order valence-electron chi connectivity index (χ3n) is 2.47. The molecule has 1 rings (SSSR count). The van der Waals surface area contributed by atoms with Crippen LogP contribution in [0.15, 0.2) is 30.3 Å². The summed E-state index contributed by atoms with van der Waals surface area (Å²) in [5, 5.41) is 0. The summed E-state index contributed by atoms with van der Waals surface area (Å²) < 4.78 is 4.57. The van der Waals surface area contributed by atoms with Gasteiger partial charge in [-0.05, 0) is 12.5 Å². The fraction of sp³-hybridized carbons (Fsp3) is 0.385. The van der Waals surface area contributed by atoms with Crippen LogP contribution in [0, 0.1) is 0 Å². The predicted molar refractivity (Wildman–Crippen MR) is 67.5 cm³/mol. The maximum atomic E-state index is 11.9. The van der Waals surface area contributed by atoms with Crippen molar-refractivity contribution in [1.82, 2.24) is 4.90 Å². The van der Waals surface area contributed by atoms with Gasteiger partial charge in [0.15, 0.2) is 0 Å². The molecule has 0 heterocycles. The lowest BCUT2D eigenvalue weighted by Gasteiger charge is -2.23. The lowest BCUT2D eigenvalue weighted by Crippen LogP contribution is -2.44. The van der Waals surface area contributed by atoms with E-state index in [9.17, 15) is 9.59 Å². The van der Waals surface area contributed by atoms with Gasteiger partial charge in [0.1, 0.15) is 6.54 Å². The van der Waals surface area contributed by atoms with Crippen molar-refractivity contribution in [3.63, 3.8) is 0 Å². The Labute approximate surface area is 107 Å². The van der Waals surface area contributed by atoms with Gasteiger partial charge in [-0.3, -0.25) is 9.59 Å². The average Bonchev–Trinajstić information content (AvgIpc) is 2.38. The molecule has 0 fully saturated rings. The summed E-state index contributed by atoms with van der Waals surface area (Å²) in [7, 11) is 1.29. The normalized spacial score (nSPS) is 11.7. The van der Waals surface area contributed by atoms with Crippen LogP contribution in [0.1, 0.15) is 12.5 Å².